The highest BCUT2D eigenvalue weighted by Gasteiger charge is 2.24. The first-order chi connectivity index (χ1) is 7.50. The van der Waals surface area contributed by atoms with E-state index in [1.165, 1.54) is 0 Å². The number of likely N-dealkylation sites (tertiary alicyclic amines) is 1. The fraction of sp³-hybridized carbons (Fsp3) is 0.923. The zero-order valence-electron chi connectivity index (χ0n) is 11.0. The Morgan fingerprint density at radius 1 is 1.31 bits per heavy atom. The maximum absolute atomic E-state index is 12.0. The van der Waals surface area contributed by atoms with E-state index >= 15 is 0 Å². The predicted octanol–water partition coefficient (Wildman–Crippen LogP) is 2.31. The summed E-state index contributed by atoms with van der Waals surface area (Å²) in [6.45, 7) is 10.8. The van der Waals surface area contributed by atoms with Gasteiger partial charge in [-0.25, -0.2) is 0 Å². The Bertz CT molecular complexity index is 220. The van der Waals surface area contributed by atoms with Gasteiger partial charge in [-0.2, -0.15) is 0 Å². The largest absolute Gasteiger partial charge is 0.368 e. The molecule has 1 saturated heterocycles. The highest BCUT2D eigenvalue weighted by atomic mass is 16.5. The molecule has 0 unspecified atom stereocenters. The lowest BCUT2D eigenvalue weighted by molar-refractivity contribution is -0.144. The second kappa shape index (κ2) is 6.24. The van der Waals surface area contributed by atoms with E-state index in [0.717, 1.165) is 31.8 Å². The fourth-order valence-electron chi connectivity index (χ4n) is 1.89. The number of ether oxygens (including phenoxy) is 1. The molecule has 94 valence electrons. The number of hydrogen-bond acceptors (Lipinski definition) is 2. The molecule has 0 N–H and O–H groups in total. The van der Waals surface area contributed by atoms with Gasteiger partial charge in [0, 0.05) is 19.7 Å². The number of amides is 1. The topological polar surface area (TPSA) is 29.5 Å². The van der Waals surface area contributed by atoms with Gasteiger partial charge in [0.2, 0.25) is 0 Å². The van der Waals surface area contributed by atoms with Gasteiger partial charge < -0.3 is 9.64 Å². The minimum atomic E-state index is -0.282. The van der Waals surface area contributed by atoms with Gasteiger partial charge in [-0.1, -0.05) is 20.8 Å². The predicted molar refractivity (Wildman–Crippen MR) is 65.2 cm³/mol. The molecule has 0 aromatic rings. The van der Waals surface area contributed by atoms with Crippen LogP contribution in [0.4, 0.5) is 0 Å². The molecule has 1 heterocycles. The third-order valence-corrected chi connectivity index (χ3v) is 3.12. The number of carbonyl (C=O) groups is 1. The van der Waals surface area contributed by atoms with Gasteiger partial charge in [0.1, 0.15) is 6.10 Å². The van der Waals surface area contributed by atoms with E-state index < -0.39 is 0 Å². The summed E-state index contributed by atoms with van der Waals surface area (Å²) in [4.78, 5) is 14.0. The van der Waals surface area contributed by atoms with Crippen LogP contribution in [0.3, 0.4) is 0 Å². The highest BCUT2D eigenvalue weighted by molar-refractivity contribution is 5.80. The molecule has 0 aromatic heterocycles. The second-order valence-corrected chi connectivity index (χ2v) is 5.38. The lowest BCUT2D eigenvalue weighted by atomic mass is 9.99. The van der Waals surface area contributed by atoms with Gasteiger partial charge in [0.15, 0.2) is 0 Å². The minimum absolute atomic E-state index is 0.160. The van der Waals surface area contributed by atoms with Crippen LogP contribution >= 0.6 is 0 Å². The van der Waals surface area contributed by atoms with Crippen molar-refractivity contribution in [2.24, 2.45) is 11.8 Å². The highest BCUT2D eigenvalue weighted by Crippen LogP contribution is 2.17. The van der Waals surface area contributed by atoms with E-state index in [2.05, 4.69) is 20.8 Å². The van der Waals surface area contributed by atoms with Crippen LogP contribution in [-0.4, -0.2) is 36.6 Å². The van der Waals surface area contributed by atoms with Crippen molar-refractivity contribution in [2.45, 2.75) is 46.6 Å². The zero-order chi connectivity index (χ0) is 12.1. The molecule has 0 aliphatic carbocycles. The molecule has 16 heavy (non-hydrogen) atoms. The van der Waals surface area contributed by atoms with Crippen molar-refractivity contribution in [3.8, 4) is 0 Å². The van der Waals surface area contributed by atoms with Crippen LogP contribution in [0, 0.1) is 11.8 Å². The molecule has 3 heteroatoms. The summed E-state index contributed by atoms with van der Waals surface area (Å²) < 4.78 is 5.55. The quantitative estimate of drug-likeness (QED) is 0.737. The van der Waals surface area contributed by atoms with Crippen LogP contribution < -0.4 is 0 Å². The van der Waals surface area contributed by atoms with Crippen LogP contribution in [0.15, 0.2) is 0 Å². The lowest BCUT2D eigenvalue weighted by Gasteiger charge is -2.32. The van der Waals surface area contributed by atoms with E-state index in [9.17, 15) is 4.79 Å². The van der Waals surface area contributed by atoms with Crippen molar-refractivity contribution >= 4 is 5.91 Å². The molecule has 0 saturated carbocycles. The molecule has 0 aromatic carbocycles. The van der Waals surface area contributed by atoms with Gasteiger partial charge >= 0.3 is 0 Å². The molecule has 1 amide bonds. The van der Waals surface area contributed by atoms with Gasteiger partial charge in [-0.15, -0.1) is 0 Å². The summed E-state index contributed by atoms with van der Waals surface area (Å²) >= 11 is 0. The van der Waals surface area contributed by atoms with E-state index in [1.54, 1.807) is 0 Å². The molecule has 0 bridgehead atoms. The zero-order valence-corrected chi connectivity index (χ0v) is 11.0. The molecule has 0 spiro atoms. The van der Waals surface area contributed by atoms with Crippen molar-refractivity contribution < 1.29 is 9.53 Å². The van der Waals surface area contributed by atoms with Crippen molar-refractivity contribution in [1.82, 2.24) is 4.90 Å². The average Bonchev–Trinajstić information content (AvgIpc) is 2.26. The summed E-state index contributed by atoms with van der Waals surface area (Å²) in [6, 6.07) is 0. The Hall–Kier alpha value is -0.570. The molecular formula is C13H25NO2. The summed E-state index contributed by atoms with van der Waals surface area (Å²) in [7, 11) is 0. The number of nitrogens with zero attached hydrogens (tertiary/aromatic N) is 1. The van der Waals surface area contributed by atoms with E-state index in [1.807, 2.05) is 11.8 Å². The summed E-state index contributed by atoms with van der Waals surface area (Å²) in [5.41, 5.74) is 0. The third-order valence-electron chi connectivity index (χ3n) is 3.12. The summed E-state index contributed by atoms with van der Waals surface area (Å²) in [6.07, 6.45) is 1.97. The van der Waals surface area contributed by atoms with Gasteiger partial charge in [-0.3, -0.25) is 4.79 Å². The molecule has 3 nitrogen and oxygen atoms in total. The van der Waals surface area contributed by atoms with Crippen LogP contribution in [0.1, 0.15) is 40.5 Å². The van der Waals surface area contributed by atoms with Crippen LogP contribution in [0.2, 0.25) is 0 Å². The Morgan fingerprint density at radius 2 is 1.88 bits per heavy atom. The van der Waals surface area contributed by atoms with Gasteiger partial charge in [0.25, 0.3) is 5.91 Å². The SMILES string of the molecule is CC(C)CO[C@@H](C)C(=O)N1CCC(C)CC1. The Labute approximate surface area is 99.1 Å². The fourth-order valence-corrected chi connectivity index (χ4v) is 1.89. The molecule has 0 radical (unpaired) electrons. The molecule has 1 rings (SSSR count). The van der Waals surface area contributed by atoms with Crippen molar-refractivity contribution in [3.63, 3.8) is 0 Å². The number of hydrogen-bond donors (Lipinski definition) is 0. The third kappa shape index (κ3) is 4.12. The smallest absolute Gasteiger partial charge is 0.251 e. The lowest BCUT2D eigenvalue weighted by Crippen LogP contribution is -2.43. The van der Waals surface area contributed by atoms with Crippen LogP contribution in [0.25, 0.3) is 0 Å². The van der Waals surface area contributed by atoms with E-state index in [-0.39, 0.29) is 12.0 Å². The van der Waals surface area contributed by atoms with Crippen molar-refractivity contribution in [2.75, 3.05) is 19.7 Å². The molecule has 1 aliphatic heterocycles. The number of piperidine rings is 1. The van der Waals surface area contributed by atoms with Gasteiger partial charge in [-0.05, 0) is 31.6 Å². The van der Waals surface area contributed by atoms with Crippen molar-refractivity contribution in [3.05, 3.63) is 0 Å². The standard InChI is InChI=1S/C13H25NO2/c1-10(2)9-16-12(4)13(15)14-7-5-11(3)6-8-14/h10-12H,5-9H2,1-4H3/t12-/m0/s1. The Morgan fingerprint density at radius 3 is 2.38 bits per heavy atom. The van der Waals surface area contributed by atoms with Crippen LogP contribution in [-0.2, 0) is 9.53 Å². The van der Waals surface area contributed by atoms with E-state index in [0.29, 0.717) is 12.5 Å². The Kier molecular flexibility index (Phi) is 5.26. The molecule has 1 aliphatic rings. The monoisotopic (exact) mass is 227 g/mol. The maximum Gasteiger partial charge on any atom is 0.251 e. The minimum Gasteiger partial charge on any atom is -0.368 e. The molecular weight excluding hydrogens is 202 g/mol. The number of rotatable bonds is 4. The summed E-state index contributed by atoms with van der Waals surface area (Å²) in [5, 5.41) is 0. The normalized spacial score (nSPS) is 20.2. The first-order valence-electron chi connectivity index (χ1n) is 6.41. The van der Waals surface area contributed by atoms with Gasteiger partial charge in [0.05, 0.1) is 0 Å². The average molecular weight is 227 g/mol. The maximum atomic E-state index is 12.0. The van der Waals surface area contributed by atoms with Crippen molar-refractivity contribution in [1.29, 1.82) is 0 Å². The number of carbonyl (C=O) groups excluding carboxylic acids is 1. The van der Waals surface area contributed by atoms with Crippen LogP contribution in [0.5, 0.6) is 0 Å². The second-order valence-electron chi connectivity index (χ2n) is 5.38. The van der Waals surface area contributed by atoms with E-state index in [4.69, 9.17) is 4.74 Å². The molecule has 1 fully saturated rings. The first-order valence-corrected chi connectivity index (χ1v) is 6.41. The first kappa shape index (κ1) is 13.5. The molecule has 1 atom stereocenters. The Balaban J connectivity index is 2.32. The summed E-state index contributed by atoms with van der Waals surface area (Å²) in [5.74, 6) is 1.40.